The van der Waals surface area contributed by atoms with Gasteiger partial charge in [-0.1, -0.05) is 29.3 Å². The summed E-state index contributed by atoms with van der Waals surface area (Å²) >= 11 is 17.6. The number of thiocarbonyl (C=S) groups is 1. The summed E-state index contributed by atoms with van der Waals surface area (Å²) in [4.78, 5) is 0. The SMILES string of the molecule is COc1cc(OC)c(NC(=S)Nc2cccc(Cl)c2C)cc1Cl. The summed E-state index contributed by atoms with van der Waals surface area (Å²) in [6.07, 6.45) is 0. The van der Waals surface area contributed by atoms with Crippen LogP contribution in [0.1, 0.15) is 5.56 Å². The van der Waals surface area contributed by atoms with E-state index in [1.54, 1.807) is 26.4 Å². The van der Waals surface area contributed by atoms with E-state index in [0.717, 1.165) is 11.3 Å². The number of benzene rings is 2. The Balaban J connectivity index is 2.20. The van der Waals surface area contributed by atoms with Gasteiger partial charge in [-0.05, 0) is 42.9 Å². The highest BCUT2D eigenvalue weighted by Gasteiger charge is 2.12. The first-order valence-electron chi connectivity index (χ1n) is 6.71. The second-order valence-electron chi connectivity index (χ2n) is 4.68. The average Bonchev–Trinajstić information content (AvgIpc) is 2.52. The molecule has 23 heavy (non-hydrogen) atoms. The van der Waals surface area contributed by atoms with Gasteiger partial charge in [-0.2, -0.15) is 0 Å². The van der Waals surface area contributed by atoms with Crippen molar-refractivity contribution in [3.8, 4) is 11.5 Å². The van der Waals surface area contributed by atoms with Crippen molar-refractivity contribution in [2.45, 2.75) is 6.92 Å². The number of hydrogen-bond acceptors (Lipinski definition) is 3. The Morgan fingerprint density at radius 2 is 1.61 bits per heavy atom. The first-order chi connectivity index (χ1) is 11.0. The van der Waals surface area contributed by atoms with Gasteiger partial charge in [0.2, 0.25) is 0 Å². The third-order valence-electron chi connectivity index (χ3n) is 3.24. The molecule has 2 aromatic carbocycles. The highest BCUT2D eigenvalue weighted by atomic mass is 35.5. The molecule has 0 unspecified atom stereocenters. The molecule has 0 aliphatic heterocycles. The van der Waals surface area contributed by atoms with Gasteiger partial charge in [0.05, 0.1) is 24.9 Å². The molecular formula is C16H16Cl2N2O2S. The second-order valence-corrected chi connectivity index (χ2v) is 5.90. The second kappa shape index (κ2) is 7.73. The Hall–Kier alpha value is -1.69. The average molecular weight is 371 g/mol. The zero-order chi connectivity index (χ0) is 17.0. The molecule has 0 spiro atoms. The van der Waals surface area contributed by atoms with Crippen molar-refractivity contribution >= 4 is 51.9 Å². The first-order valence-corrected chi connectivity index (χ1v) is 7.87. The van der Waals surface area contributed by atoms with Crippen LogP contribution in [0.15, 0.2) is 30.3 Å². The molecule has 0 atom stereocenters. The molecule has 0 saturated heterocycles. The van der Waals surface area contributed by atoms with Gasteiger partial charge in [-0.3, -0.25) is 0 Å². The van der Waals surface area contributed by atoms with Crippen molar-refractivity contribution in [2.75, 3.05) is 24.9 Å². The smallest absolute Gasteiger partial charge is 0.175 e. The van der Waals surface area contributed by atoms with E-state index in [4.69, 9.17) is 44.9 Å². The van der Waals surface area contributed by atoms with Crippen molar-refractivity contribution in [2.24, 2.45) is 0 Å². The molecule has 0 radical (unpaired) electrons. The molecule has 0 amide bonds. The van der Waals surface area contributed by atoms with Crippen LogP contribution in [-0.2, 0) is 0 Å². The van der Waals surface area contributed by atoms with Crippen LogP contribution in [0.3, 0.4) is 0 Å². The van der Waals surface area contributed by atoms with Crippen LogP contribution < -0.4 is 20.1 Å². The Labute approximate surface area is 150 Å². The van der Waals surface area contributed by atoms with Crippen LogP contribution in [0.2, 0.25) is 10.0 Å². The van der Waals surface area contributed by atoms with Gasteiger partial charge in [-0.25, -0.2) is 0 Å². The molecule has 2 rings (SSSR count). The van der Waals surface area contributed by atoms with Gasteiger partial charge in [0, 0.05) is 16.8 Å². The topological polar surface area (TPSA) is 42.5 Å². The summed E-state index contributed by atoms with van der Waals surface area (Å²) < 4.78 is 10.5. The number of nitrogens with one attached hydrogen (secondary N) is 2. The molecule has 2 N–H and O–H groups in total. The maximum absolute atomic E-state index is 6.15. The quantitative estimate of drug-likeness (QED) is 0.730. The molecule has 0 aliphatic rings. The molecule has 0 bridgehead atoms. The van der Waals surface area contributed by atoms with E-state index in [1.165, 1.54) is 0 Å². The third-order valence-corrected chi connectivity index (χ3v) is 4.15. The van der Waals surface area contributed by atoms with E-state index in [0.29, 0.717) is 32.3 Å². The van der Waals surface area contributed by atoms with E-state index >= 15 is 0 Å². The third kappa shape index (κ3) is 4.19. The fourth-order valence-electron chi connectivity index (χ4n) is 1.98. The minimum atomic E-state index is 0.398. The summed E-state index contributed by atoms with van der Waals surface area (Å²) in [6, 6.07) is 8.96. The van der Waals surface area contributed by atoms with Crippen LogP contribution >= 0.6 is 35.4 Å². The molecule has 0 saturated carbocycles. The lowest BCUT2D eigenvalue weighted by Crippen LogP contribution is -2.20. The van der Waals surface area contributed by atoms with Crippen molar-refractivity contribution in [3.63, 3.8) is 0 Å². The van der Waals surface area contributed by atoms with Crippen LogP contribution in [0.4, 0.5) is 11.4 Å². The van der Waals surface area contributed by atoms with Crippen LogP contribution in [-0.4, -0.2) is 19.3 Å². The maximum atomic E-state index is 6.15. The summed E-state index contributed by atoms with van der Waals surface area (Å²) in [6.45, 7) is 1.91. The number of hydrogen-bond donors (Lipinski definition) is 2. The van der Waals surface area contributed by atoms with Crippen molar-refractivity contribution in [1.82, 2.24) is 0 Å². The molecule has 0 aliphatic carbocycles. The summed E-state index contributed by atoms with van der Waals surface area (Å²) in [5.74, 6) is 1.09. The molecule has 0 aromatic heterocycles. The monoisotopic (exact) mass is 370 g/mol. The van der Waals surface area contributed by atoms with Crippen LogP contribution in [0, 0.1) is 6.92 Å². The van der Waals surface area contributed by atoms with E-state index < -0.39 is 0 Å². The van der Waals surface area contributed by atoms with E-state index in [9.17, 15) is 0 Å². The van der Waals surface area contributed by atoms with Gasteiger partial charge >= 0.3 is 0 Å². The number of ether oxygens (including phenoxy) is 2. The lowest BCUT2D eigenvalue weighted by atomic mass is 10.2. The van der Waals surface area contributed by atoms with Gasteiger partial charge in [-0.15, -0.1) is 0 Å². The molecule has 2 aromatic rings. The Bertz CT molecular complexity index is 738. The zero-order valence-electron chi connectivity index (χ0n) is 12.9. The summed E-state index contributed by atoms with van der Waals surface area (Å²) in [5.41, 5.74) is 2.38. The minimum Gasteiger partial charge on any atom is -0.495 e. The van der Waals surface area contributed by atoms with E-state index in [-0.39, 0.29) is 0 Å². The lowest BCUT2D eigenvalue weighted by Gasteiger charge is -2.16. The Morgan fingerprint density at radius 1 is 0.957 bits per heavy atom. The highest BCUT2D eigenvalue weighted by Crippen LogP contribution is 2.36. The standard InChI is InChI=1S/C16H16Cl2N2O2S/c1-9-10(17)5-4-6-12(9)19-16(23)20-13-7-11(18)14(21-2)8-15(13)22-3/h4-8H,1-3H3,(H2,19,20,23). The Kier molecular flexibility index (Phi) is 5.93. The minimum absolute atomic E-state index is 0.398. The highest BCUT2D eigenvalue weighted by molar-refractivity contribution is 7.80. The van der Waals surface area contributed by atoms with Crippen molar-refractivity contribution in [3.05, 3.63) is 45.9 Å². The Morgan fingerprint density at radius 3 is 2.26 bits per heavy atom. The number of rotatable bonds is 4. The fraction of sp³-hybridized carbons (Fsp3) is 0.188. The fourth-order valence-corrected chi connectivity index (χ4v) is 2.61. The zero-order valence-corrected chi connectivity index (χ0v) is 15.2. The summed E-state index contributed by atoms with van der Waals surface area (Å²) in [5, 5.41) is 7.69. The maximum Gasteiger partial charge on any atom is 0.175 e. The van der Waals surface area contributed by atoms with Crippen molar-refractivity contribution in [1.29, 1.82) is 0 Å². The normalized spacial score (nSPS) is 10.1. The van der Waals surface area contributed by atoms with Crippen LogP contribution in [0.25, 0.3) is 0 Å². The number of anilines is 2. The number of halogens is 2. The van der Waals surface area contributed by atoms with Gasteiger partial charge in [0.1, 0.15) is 11.5 Å². The van der Waals surface area contributed by atoms with Crippen LogP contribution in [0.5, 0.6) is 11.5 Å². The predicted octanol–water partition coefficient (Wildman–Crippen LogP) is 5.13. The lowest BCUT2D eigenvalue weighted by molar-refractivity contribution is 0.396. The van der Waals surface area contributed by atoms with Gasteiger partial charge in [0.15, 0.2) is 5.11 Å². The first kappa shape index (κ1) is 17.7. The molecular weight excluding hydrogens is 355 g/mol. The van der Waals surface area contributed by atoms with Gasteiger partial charge in [0.25, 0.3) is 0 Å². The molecule has 7 heteroatoms. The molecule has 0 fully saturated rings. The van der Waals surface area contributed by atoms with E-state index in [1.807, 2.05) is 25.1 Å². The van der Waals surface area contributed by atoms with E-state index in [2.05, 4.69) is 10.6 Å². The van der Waals surface area contributed by atoms with Gasteiger partial charge < -0.3 is 20.1 Å². The molecule has 0 heterocycles. The summed E-state index contributed by atoms with van der Waals surface area (Å²) in [7, 11) is 3.10. The van der Waals surface area contributed by atoms with Crippen molar-refractivity contribution < 1.29 is 9.47 Å². The molecule has 4 nitrogen and oxygen atoms in total. The number of methoxy groups -OCH3 is 2. The molecule has 122 valence electrons. The predicted molar refractivity (Wildman–Crippen MR) is 101 cm³/mol. The largest absolute Gasteiger partial charge is 0.495 e.